The Morgan fingerprint density at radius 1 is 1.45 bits per heavy atom. The number of Topliss-reactive ketones (excluding diaryl/α,β-unsaturated/α-hetero) is 1. The molecule has 0 aromatic rings. The van der Waals surface area contributed by atoms with Crippen LogP contribution in [-0.2, 0) is 4.79 Å². The van der Waals surface area contributed by atoms with E-state index in [4.69, 9.17) is 0 Å². The molecule has 0 saturated heterocycles. The summed E-state index contributed by atoms with van der Waals surface area (Å²) in [6, 6.07) is 0. The smallest absolute Gasteiger partial charge is 0.159 e. The average molecular weight is 150 g/mol. The van der Waals surface area contributed by atoms with Crippen molar-refractivity contribution in [2.24, 2.45) is 0 Å². The summed E-state index contributed by atoms with van der Waals surface area (Å²) in [5.41, 5.74) is 3.49. The molecule has 1 heteroatoms. The minimum atomic E-state index is 0.321. The lowest BCUT2D eigenvalue weighted by Gasteiger charge is -2.00. The van der Waals surface area contributed by atoms with E-state index in [-0.39, 0.29) is 0 Å². The molecule has 1 aliphatic rings. The van der Waals surface area contributed by atoms with Crippen molar-refractivity contribution in [2.75, 3.05) is 0 Å². The van der Waals surface area contributed by atoms with Gasteiger partial charge in [0.15, 0.2) is 5.78 Å². The Bertz CT molecular complexity index is 244. The summed E-state index contributed by atoms with van der Waals surface area (Å²) < 4.78 is 0. The van der Waals surface area contributed by atoms with Gasteiger partial charge in [-0.2, -0.15) is 0 Å². The van der Waals surface area contributed by atoms with Crippen LogP contribution in [-0.4, -0.2) is 5.78 Å². The van der Waals surface area contributed by atoms with E-state index in [1.165, 1.54) is 11.1 Å². The number of hydrogen-bond acceptors (Lipinski definition) is 1. The second kappa shape index (κ2) is 3.04. The minimum absolute atomic E-state index is 0.321. The van der Waals surface area contributed by atoms with Crippen LogP contribution in [0.15, 0.2) is 22.8 Å². The van der Waals surface area contributed by atoms with Crippen molar-refractivity contribution in [1.82, 2.24) is 0 Å². The lowest BCUT2D eigenvalue weighted by molar-refractivity contribution is -0.114. The maximum atomic E-state index is 11.1. The van der Waals surface area contributed by atoms with Gasteiger partial charge in [-0.1, -0.05) is 11.6 Å². The van der Waals surface area contributed by atoms with Crippen LogP contribution in [0.1, 0.15) is 33.6 Å². The lowest BCUT2D eigenvalue weighted by Crippen LogP contribution is -1.90. The zero-order valence-electron chi connectivity index (χ0n) is 7.40. The van der Waals surface area contributed by atoms with Crippen LogP contribution < -0.4 is 0 Å². The van der Waals surface area contributed by atoms with Crippen molar-refractivity contribution in [2.45, 2.75) is 33.6 Å². The summed E-state index contributed by atoms with van der Waals surface area (Å²) in [6.45, 7) is 6.01. The average Bonchev–Trinajstić information content (AvgIpc) is 2.32. The topological polar surface area (TPSA) is 17.1 Å². The standard InChI is InChI=1S/C10H14O/c1-4-7(2)9-5-6-10(11)8(9)3/h4H,5-6H2,1-3H3/b7-4+. The Morgan fingerprint density at radius 3 is 2.45 bits per heavy atom. The molecular formula is C10H14O. The van der Waals surface area contributed by atoms with Crippen LogP contribution >= 0.6 is 0 Å². The summed E-state index contributed by atoms with van der Waals surface area (Å²) in [5, 5.41) is 0. The third kappa shape index (κ3) is 1.42. The van der Waals surface area contributed by atoms with Crippen LogP contribution in [0, 0.1) is 0 Å². The zero-order chi connectivity index (χ0) is 8.43. The highest BCUT2D eigenvalue weighted by Crippen LogP contribution is 2.27. The first-order chi connectivity index (χ1) is 5.16. The van der Waals surface area contributed by atoms with E-state index in [1.807, 2.05) is 13.8 Å². The van der Waals surface area contributed by atoms with Gasteiger partial charge in [0.25, 0.3) is 0 Å². The molecule has 0 unspecified atom stereocenters. The van der Waals surface area contributed by atoms with E-state index in [0.717, 1.165) is 12.0 Å². The third-order valence-electron chi connectivity index (χ3n) is 2.38. The van der Waals surface area contributed by atoms with Gasteiger partial charge in [0.05, 0.1) is 0 Å². The number of allylic oxidation sites excluding steroid dienone is 4. The van der Waals surface area contributed by atoms with Gasteiger partial charge in [-0.25, -0.2) is 0 Å². The third-order valence-corrected chi connectivity index (χ3v) is 2.38. The molecule has 0 aliphatic heterocycles. The molecule has 0 saturated carbocycles. The predicted octanol–water partition coefficient (Wildman–Crippen LogP) is 2.63. The predicted molar refractivity (Wildman–Crippen MR) is 46.4 cm³/mol. The molecule has 60 valence electrons. The number of ketones is 1. The Morgan fingerprint density at radius 2 is 2.09 bits per heavy atom. The maximum absolute atomic E-state index is 11.1. The van der Waals surface area contributed by atoms with Crippen molar-refractivity contribution in [3.8, 4) is 0 Å². The summed E-state index contributed by atoms with van der Waals surface area (Å²) in [7, 11) is 0. The van der Waals surface area contributed by atoms with Gasteiger partial charge >= 0.3 is 0 Å². The van der Waals surface area contributed by atoms with Crippen LogP contribution in [0.2, 0.25) is 0 Å². The van der Waals surface area contributed by atoms with E-state index >= 15 is 0 Å². The fourth-order valence-electron chi connectivity index (χ4n) is 1.45. The van der Waals surface area contributed by atoms with E-state index < -0.39 is 0 Å². The molecule has 0 bridgehead atoms. The normalized spacial score (nSPS) is 19.9. The highest BCUT2D eigenvalue weighted by Gasteiger charge is 2.19. The largest absolute Gasteiger partial charge is 0.295 e. The van der Waals surface area contributed by atoms with Crippen LogP contribution in [0.25, 0.3) is 0 Å². The molecule has 1 nitrogen and oxygen atoms in total. The van der Waals surface area contributed by atoms with E-state index in [1.54, 1.807) is 0 Å². The van der Waals surface area contributed by atoms with E-state index in [2.05, 4.69) is 13.0 Å². The van der Waals surface area contributed by atoms with Crippen LogP contribution in [0.4, 0.5) is 0 Å². The van der Waals surface area contributed by atoms with Gasteiger partial charge in [-0.15, -0.1) is 0 Å². The molecule has 0 fully saturated rings. The van der Waals surface area contributed by atoms with Gasteiger partial charge < -0.3 is 0 Å². The van der Waals surface area contributed by atoms with Crippen molar-refractivity contribution in [1.29, 1.82) is 0 Å². The summed E-state index contributed by atoms with van der Waals surface area (Å²) in [4.78, 5) is 11.1. The first-order valence-electron chi connectivity index (χ1n) is 4.03. The summed E-state index contributed by atoms with van der Waals surface area (Å²) >= 11 is 0. The van der Waals surface area contributed by atoms with E-state index in [9.17, 15) is 4.79 Å². The molecule has 0 N–H and O–H groups in total. The highest BCUT2D eigenvalue weighted by molar-refractivity contribution is 5.99. The zero-order valence-corrected chi connectivity index (χ0v) is 7.40. The summed E-state index contributed by atoms with van der Waals surface area (Å²) in [6.07, 6.45) is 3.73. The van der Waals surface area contributed by atoms with Gasteiger partial charge in [-0.3, -0.25) is 4.79 Å². The molecule has 0 aromatic carbocycles. The molecular weight excluding hydrogens is 136 g/mol. The molecule has 11 heavy (non-hydrogen) atoms. The first kappa shape index (κ1) is 8.25. The second-order valence-electron chi connectivity index (χ2n) is 3.00. The van der Waals surface area contributed by atoms with Crippen molar-refractivity contribution >= 4 is 5.78 Å². The first-order valence-corrected chi connectivity index (χ1v) is 4.03. The van der Waals surface area contributed by atoms with Crippen molar-refractivity contribution in [3.05, 3.63) is 22.8 Å². The van der Waals surface area contributed by atoms with Gasteiger partial charge in [0.1, 0.15) is 0 Å². The minimum Gasteiger partial charge on any atom is -0.295 e. The Labute approximate surface area is 67.8 Å². The number of carbonyl (C=O) groups is 1. The van der Waals surface area contributed by atoms with Crippen molar-refractivity contribution < 1.29 is 4.79 Å². The van der Waals surface area contributed by atoms with E-state index in [0.29, 0.717) is 12.2 Å². The second-order valence-corrected chi connectivity index (χ2v) is 3.00. The molecule has 1 aliphatic carbocycles. The summed E-state index contributed by atoms with van der Waals surface area (Å²) in [5.74, 6) is 0.321. The lowest BCUT2D eigenvalue weighted by atomic mass is 10.0. The molecule has 0 atom stereocenters. The van der Waals surface area contributed by atoms with Gasteiger partial charge in [0.2, 0.25) is 0 Å². The van der Waals surface area contributed by atoms with Gasteiger partial charge in [0, 0.05) is 6.42 Å². The Hall–Kier alpha value is -0.850. The SMILES string of the molecule is C/C=C(\C)C1=C(C)C(=O)CC1. The van der Waals surface area contributed by atoms with Crippen LogP contribution in [0.5, 0.6) is 0 Å². The highest BCUT2D eigenvalue weighted by atomic mass is 16.1. The van der Waals surface area contributed by atoms with Crippen LogP contribution in [0.3, 0.4) is 0 Å². The number of carbonyl (C=O) groups excluding carboxylic acids is 1. The Balaban J connectivity index is 2.97. The monoisotopic (exact) mass is 150 g/mol. The molecule has 0 amide bonds. The number of rotatable bonds is 1. The number of hydrogen-bond donors (Lipinski definition) is 0. The molecule has 1 rings (SSSR count). The molecule has 0 spiro atoms. The van der Waals surface area contributed by atoms with Crippen molar-refractivity contribution in [3.63, 3.8) is 0 Å². The molecule has 0 aromatic heterocycles. The Kier molecular flexibility index (Phi) is 2.28. The maximum Gasteiger partial charge on any atom is 0.159 e. The molecule has 0 radical (unpaired) electrons. The van der Waals surface area contributed by atoms with Gasteiger partial charge in [-0.05, 0) is 38.3 Å². The molecule has 0 heterocycles. The fraction of sp³-hybridized carbons (Fsp3) is 0.500. The quantitative estimate of drug-likeness (QED) is 0.561. The fourth-order valence-corrected chi connectivity index (χ4v) is 1.45.